The van der Waals surface area contributed by atoms with Crippen LogP contribution in [0.25, 0.3) is 0 Å². The zero-order chi connectivity index (χ0) is 19.7. The van der Waals surface area contributed by atoms with E-state index in [0.29, 0.717) is 17.7 Å². The van der Waals surface area contributed by atoms with Gasteiger partial charge in [0.05, 0.1) is 16.7 Å². The summed E-state index contributed by atoms with van der Waals surface area (Å²) in [6, 6.07) is 1.91. The van der Waals surface area contributed by atoms with E-state index in [1.807, 2.05) is 6.07 Å². The predicted octanol–water partition coefficient (Wildman–Crippen LogP) is 1.95. The number of nitrogens with one attached hydrogen (secondary N) is 2. The third-order valence-corrected chi connectivity index (χ3v) is 7.26. The highest BCUT2D eigenvalue weighted by Crippen LogP contribution is 2.37. The minimum Gasteiger partial charge on any atom is -0.274 e. The van der Waals surface area contributed by atoms with Crippen LogP contribution < -0.4 is 10.9 Å². The molecule has 1 saturated carbocycles. The molecule has 1 saturated heterocycles. The molecule has 7 nitrogen and oxygen atoms in total. The molecule has 4 amide bonds. The third kappa shape index (κ3) is 3.70. The van der Waals surface area contributed by atoms with Crippen LogP contribution in [-0.2, 0) is 27.2 Å². The number of aryl methyl sites for hydroxylation is 2. The summed E-state index contributed by atoms with van der Waals surface area (Å²) in [4.78, 5) is 52.3. The summed E-state index contributed by atoms with van der Waals surface area (Å²) < 4.78 is 0. The quantitative estimate of drug-likeness (QED) is 0.458. The fourth-order valence-electron chi connectivity index (χ4n) is 4.54. The van der Waals surface area contributed by atoms with Crippen LogP contribution in [0.4, 0.5) is 0 Å². The van der Waals surface area contributed by atoms with Crippen LogP contribution in [-0.4, -0.2) is 35.1 Å². The molecule has 1 aromatic heterocycles. The average Bonchev–Trinajstić information content (AvgIpc) is 3.12. The maximum atomic E-state index is 12.4. The van der Waals surface area contributed by atoms with Crippen LogP contribution in [0.15, 0.2) is 6.07 Å². The van der Waals surface area contributed by atoms with Crippen molar-refractivity contribution in [3.8, 4) is 0 Å². The van der Waals surface area contributed by atoms with Crippen LogP contribution in [0.3, 0.4) is 0 Å². The SMILES string of the molecule is O=C(CN1C(=O)[C@H]2CCCC[C@@H]2C1=O)NNC(=O)c1cc2c(s1)CCCCC2. The van der Waals surface area contributed by atoms with E-state index in [9.17, 15) is 19.2 Å². The van der Waals surface area contributed by atoms with E-state index in [2.05, 4.69) is 10.9 Å². The molecule has 0 radical (unpaired) electrons. The molecule has 0 aromatic carbocycles. The van der Waals surface area contributed by atoms with Crippen molar-refractivity contribution in [2.24, 2.45) is 11.8 Å². The lowest BCUT2D eigenvalue weighted by atomic mass is 9.81. The molecule has 8 heteroatoms. The number of likely N-dealkylation sites (tertiary alicyclic amines) is 1. The van der Waals surface area contributed by atoms with Crippen molar-refractivity contribution >= 4 is 35.0 Å². The Labute approximate surface area is 167 Å². The van der Waals surface area contributed by atoms with Gasteiger partial charge >= 0.3 is 0 Å². The summed E-state index contributed by atoms with van der Waals surface area (Å²) in [7, 11) is 0. The standard InChI is InChI=1S/C20H25N3O4S/c24-17(11-23-19(26)13-7-4-5-8-14(13)20(23)27)21-22-18(25)16-10-12-6-2-1-3-9-15(12)28-16/h10,13-14H,1-9,11H2,(H,21,24)(H,22,25)/t13-,14-/m0/s1. The summed E-state index contributed by atoms with van der Waals surface area (Å²) in [5, 5.41) is 0. The van der Waals surface area contributed by atoms with Gasteiger partial charge in [0, 0.05) is 4.88 Å². The van der Waals surface area contributed by atoms with E-state index in [1.165, 1.54) is 28.2 Å². The molecule has 28 heavy (non-hydrogen) atoms. The molecule has 2 heterocycles. The van der Waals surface area contributed by atoms with E-state index >= 15 is 0 Å². The maximum absolute atomic E-state index is 12.4. The monoisotopic (exact) mass is 403 g/mol. The van der Waals surface area contributed by atoms with Gasteiger partial charge in [-0.1, -0.05) is 19.3 Å². The topological polar surface area (TPSA) is 95.6 Å². The molecule has 0 unspecified atom stereocenters. The van der Waals surface area contributed by atoms with Crippen molar-refractivity contribution in [1.82, 2.24) is 15.8 Å². The van der Waals surface area contributed by atoms with Crippen LogP contribution in [0.5, 0.6) is 0 Å². The molecular formula is C20H25N3O4S. The van der Waals surface area contributed by atoms with E-state index in [4.69, 9.17) is 0 Å². The number of imide groups is 1. The molecule has 3 aliphatic rings. The Hall–Kier alpha value is -2.22. The Morgan fingerprint density at radius 3 is 2.36 bits per heavy atom. The summed E-state index contributed by atoms with van der Waals surface area (Å²) >= 11 is 1.47. The number of hydrogen-bond donors (Lipinski definition) is 2. The van der Waals surface area contributed by atoms with Crippen LogP contribution >= 0.6 is 11.3 Å². The van der Waals surface area contributed by atoms with Crippen molar-refractivity contribution in [1.29, 1.82) is 0 Å². The van der Waals surface area contributed by atoms with Crippen molar-refractivity contribution in [3.63, 3.8) is 0 Å². The van der Waals surface area contributed by atoms with E-state index < -0.39 is 5.91 Å². The first-order chi connectivity index (χ1) is 13.5. The van der Waals surface area contributed by atoms with Gasteiger partial charge < -0.3 is 0 Å². The number of amides is 4. The van der Waals surface area contributed by atoms with Crippen molar-refractivity contribution in [2.75, 3.05) is 6.54 Å². The summed E-state index contributed by atoms with van der Waals surface area (Å²) in [5.74, 6) is -1.97. The lowest BCUT2D eigenvalue weighted by Crippen LogP contribution is -2.47. The number of carbonyl (C=O) groups excluding carboxylic acids is 4. The molecule has 4 rings (SSSR count). The van der Waals surface area contributed by atoms with Gasteiger partial charge in [0.25, 0.3) is 11.8 Å². The summed E-state index contributed by atoms with van der Waals surface area (Å²) in [6.07, 6.45) is 8.82. The first-order valence-electron chi connectivity index (χ1n) is 10.1. The largest absolute Gasteiger partial charge is 0.279 e. The summed E-state index contributed by atoms with van der Waals surface area (Å²) in [5.41, 5.74) is 5.99. The molecule has 2 fully saturated rings. The highest BCUT2D eigenvalue weighted by molar-refractivity contribution is 7.14. The lowest BCUT2D eigenvalue weighted by Gasteiger charge is -2.19. The van der Waals surface area contributed by atoms with Crippen molar-refractivity contribution in [2.45, 2.75) is 57.8 Å². The van der Waals surface area contributed by atoms with E-state index in [1.54, 1.807) is 0 Å². The first kappa shape index (κ1) is 19.1. The Bertz CT molecular complexity index is 771. The van der Waals surface area contributed by atoms with E-state index in [0.717, 1.165) is 43.4 Å². The van der Waals surface area contributed by atoms with Gasteiger partial charge in [-0.25, -0.2) is 0 Å². The Balaban J connectivity index is 1.31. The lowest BCUT2D eigenvalue weighted by molar-refractivity contribution is -0.143. The highest BCUT2D eigenvalue weighted by Gasteiger charge is 2.48. The molecule has 2 atom stereocenters. The first-order valence-corrected chi connectivity index (χ1v) is 10.9. The fraction of sp³-hybridized carbons (Fsp3) is 0.600. The number of thiophene rings is 1. The minimum absolute atomic E-state index is 0.252. The molecular weight excluding hydrogens is 378 g/mol. The van der Waals surface area contributed by atoms with Gasteiger partial charge in [0.15, 0.2) is 0 Å². The smallest absolute Gasteiger partial charge is 0.274 e. The maximum Gasteiger partial charge on any atom is 0.279 e. The van der Waals surface area contributed by atoms with Crippen LogP contribution in [0.1, 0.15) is 65.1 Å². The number of fused-ring (bicyclic) bond motifs is 2. The van der Waals surface area contributed by atoms with Gasteiger partial charge in [-0.05, 0) is 50.2 Å². The second-order valence-corrected chi connectivity index (χ2v) is 9.02. The fourth-order valence-corrected chi connectivity index (χ4v) is 5.69. The molecule has 1 aromatic rings. The molecule has 0 bridgehead atoms. The molecule has 1 aliphatic heterocycles. The van der Waals surface area contributed by atoms with Gasteiger partial charge in [-0.3, -0.25) is 34.9 Å². The van der Waals surface area contributed by atoms with E-state index in [-0.39, 0.29) is 36.1 Å². The number of carbonyl (C=O) groups is 4. The van der Waals surface area contributed by atoms with Crippen LogP contribution in [0.2, 0.25) is 0 Å². The minimum atomic E-state index is -0.563. The number of hydrazine groups is 1. The van der Waals surface area contributed by atoms with Crippen LogP contribution in [0, 0.1) is 11.8 Å². The second-order valence-electron chi connectivity index (χ2n) is 7.88. The third-order valence-electron chi connectivity index (χ3n) is 6.02. The van der Waals surface area contributed by atoms with Gasteiger partial charge in [-0.2, -0.15) is 0 Å². The second kappa shape index (κ2) is 8.03. The highest BCUT2D eigenvalue weighted by atomic mass is 32.1. The normalized spacial score (nSPS) is 24.4. The summed E-state index contributed by atoms with van der Waals surface area (Å²) in [6.45, 7) is -0.341. The Morgan fingerprint density at radius 1 is 0.964 bits per heavy atom. The van der Waals surface area contributed by atoms with Gasteiger partial charge in [-0.15, -0.1) is 11.3 Å². The zero-order valence-electron chi connectivity index (χ0n) is 15.8. The predicted molar refractivity (Wildman–Crippen MR) is 103 cm³/mol. The van der Waals surface area contributed by atoms with Crippen molar-refractivity contribution < 1.29 is 19.2 Å². The number of hydrogen-bond acceptors (Lipinski definition) is 5. The molecule has 0 spiro atoms. The van der Waals surface area contributed by atoms with Crippen molar-refractivity contribution in [3.05, 3.63) is 21.4 Å². The molecule has 2 N–H and O–H groups in total. The molecule has 2 aliphatic carbocycles. The average molecular weight is 404 g/mol. The van der Waals surface area contributed by atoms with Gasteiger partial charge in [0.2, 0.25) is 11.8 Å². The number of rotatable bonds is 3. The number of nitrogens with zero attached hydrogens (tertiary/aromatic N) is 1. The Kier molecular flexibility index (Phi) is 5.48. The van der Waals surface area contributed by atoms with Gasteiger partial charge in [0.1, 0.15) is 6.54 Å². The molecule has 150 valence electrons. The zero-order valence-corrected chi connectivity index (χ0v) is 16.6. The Morgan fingerprint density at radius 2 is 1.64 bits per heavy atom.